The summed E-state index contributed by atoms with van der Waals surface area (Å²) >= 11 is 0. The molecule has 1 amide bonds. The van der Waals surface area contributed by atoms with Gasteiger partial charge in [-0.15, -0.1) is 0 Å². The highest BCUT2D eigenvalue weighted by atomic mass is 19.1. The Morgan fingerprint density at radius 1 is 1.10 bits per heavy atom. The van der Waals surface area contributed by atoms with Crippen molar-refractivity contribution in [3.8, 4) is 17.2 Å². The fourth-order valence-electron chi connectivity index (χ4n) is 3.41. The molecule has 0 saturated carbocycles. The van der Waals surface area contributed by atoms with Crippen LogP contribution < -0.4 is 5.32 Å². The van der Waals surface area contributed by atoms with Crippen LogP contribution in [0.4, 0.5) is 4.39 Å². The third-order valence-corrected chi connectivity index (χ3v) is 4.79. The maximum Gasteiger partial charge on any atom is 0.251 e. The van der Waals surface area contributed by atoms with E-state index in [1.54, 1.807) is 16.8 Å². The number of nitrogens with one attached hydrogen (secondary N) is 1. The molecule has 0 atom stereocenters. The van der Waals surface area contributed by atoms with E-state index in [2.05, 4.69) is 10.4 Å². The van der Waals surface area contributed by atoms with Crippen molar-refractivity contribution in [2.24, 2.45) is 0 Å². The Bertz CT molecular complexity index is 1260. The lowest BCUT2D eigenvalue weighted by atomic mass is 10.00. The van der Waals surface area contributed by atoms with Crippen LogP contribution in [0.5, 0.6) is 0 Å². The van der Waals surface area contributed by atoms with E-state index in [9.17, 15) is 9.18 Å². The first-order valence-electron chi connectivity index (χ1n) is 9.60. The van der Waals surface area contributed by atoms with Crippen LogP contribution in [-0.4, -0.2) is 22.2 Å². The molecule has 30 heavy (non-hydrogen) atoms. The Labute approximate surface area is 173 Å². The molecular formula is C24H19FN4O. The lowest BCUT2D eigenvalue weighted by molar-refractivity contribution is 0.0954. The van der Waals surface area contributed by atoms with Gasteiger partial charge in [0.15, 0.2) is 0 Å². The van der Waals surface area contributed by atoms with Gasteiger partial charge in [-0.3, -0.25) is 9.48 Å². The minimum absolute atomic E-state index is 0.207. The second-order valence-corrected chi connectivity index (χ2v) is 6.94. The molecule has 1 N–H and O–H groups in total. The molecule has 5 nitrogen and oxygen atoms in total. The number of halogens is 1. The topological polar surface area (TPSA) is 70.7 Å². The SMILES string of the molecule is N#CCCNC(=O)c1cccc(-c2cccc3nn(Cc4cccc(F)c4)cc23)c1. The number of aromatic nitrogens is 2. The zero-order valence-electron chi connectivity index (χ0n) is 16.2. The number of amides is 1. The number of hydrogen-bond acceptors (Lipinski definition) is 3. The van der Waals surface area contributed by atoms with Gasteiger partial charge in [-0.2, -0.15) is 10.4 Å². The number of nitrogens with zero attached hydrogens (tertiary/aromatic N) is 3. The molecule has 6 heteroatoms. The largest absolute Gasteiger partial charge is 0.351 e. The van der Waals surface area contributed by atoms with Crippen LogP contribution in [0.25, 0.3) is 22.0 Å². The molecule has 0 saturated heterocycles. The molecular weight excluding hydrogens is 379 g/mol. The Morgan fingerprint density at radius 3 is 2.77 bits per heavy atom. The summed E-state index contributed by atoms with van der Waals surface area (Å²) in [5.74, 6) is -0.476. The summed E-state index contributed by atoms with van der Waals surface area (Å²) in [5.41, 5.74) is 4.06. The molecule has 0 spiro atoms. The number of rotatable bonds is 6. The standard InChI is InChI=1S/C24H19FN4O/c25-20-8-1-5-17(13-20)15-29-16-22-21(9-3-10-23(22)28-29)18-6-2-7-19(14-18)24(30)27-12-4-11-26/h1-3,5-10,13-14,16H,4,12,15H2,(H,27,30). The number of carbonyl (C=O) groups excluding carboxylic acids is 1. The molecule has 1 aromatic heterocycles. The maximum absolute atomic E-state index is 13.5. The molecule has 148 valence electrons. The van der Waals surface area contributed by atoms with Crippen molar-refractivity contribution in [1.29, 1.82) is 5.26 Å². The van der Waals surface area contributed by atoms with Gasteiger partial charge in [-0.1, -0.05) is 36.4 Å². The molecule has 0 fully saturated rings. The number of nitriles is 1. The Balaban J connectivity index is 1.65. The van der Waals surface area contributed by atoms with E-state index >= 15 is 0 Å². The summed E-state index contributed by atoms with van der Waals surface area (Å²) in [6, 6.07) is 21.7. The maximum atomic E-state index is 13.5. The van der Waals surface area contributed by atoms with Crippen LogP contribution in [-0.2, 0) is 6.54 Å². The Hall–Kier alpha value is -3.98. The second-order valence-electron chi connectivity index (χ2n) is 6.94. The lowest BCUT2D eigenvalue weighted by Gasteiger charge is -2.07. The lowest BCUT2D eigenvalue weighted by Crippen LogP contribution is -2.24. The van der Waals surface area contributed by atoms with Crippen molar-refractivity contribution in [3.05, 3.63) is 89.9 Å². The molecule has 3 aromatic carbocycles. The molecule has 0 aliphatic heterocycles. The monoisotopic (exact) mass is 398 g/mol. The minimum Gasteiger partial charge on any atom is -0.351 e. The van der Waals surface area contributed by atoms with Crippen molar-refractivity contribution in [2.45, 2.75) is 13.0 Å². The van der Waals surface area contributed by atoms with E-state index in [0.29, 0.717) is 18.7 Å². The van der Waals surface area contributed by atoms with Crippen LogP contribution in [0.3, 0.4) is 0 Å². The van der Waals surface area contributed by atoms with E-state index in [1.807, 2.05) is 54.7 Å². The fourth-order valence-corrected chi connectivity index (χ4v) is 3.41. The van der Waals surface area contributed by atoms with Gasteiger partial charge in [0.2, 0.25) is 0 Å². The van der Waals surface area contributed by atoms with E-state index in [1.165, 1.54) is 12.1 Å². The highest BCUT2D eigenvalue weighted by Gasteiger charge is 2.11. The average molecular weight is 398 g/mol. The normalized spacial score (nSPS) is 10.7. The first kappa shape index (κ1) is 19.3. The summed E-state index contributed by atoms with van der Waals surface area (Å²) in [5, 5.41) is 16.9. The molecule has 4 rings (SSSR count). The summed E-state index contributed by atoms with van der Waals surface area (Å²) < 4.78 is 15.3. The van der Waals surface area contributed by atoms with Crippen molar-refractivity contribution < 1.29 is 9.18 Å². The van der Waals surface area contributed by atoms with Crippen LogP contribution >= 0.6 is 0 Å². The van der Waals surface area contributed by atoms with E-state index in [4.69, 9.17) is 5.26 Å². The number of benzene rings is 3. The Kier molecular flexibility index (Phi) is 5.53. The summed E-state index contributed by atoms with van der Waals surface area (Å²) in [6.07, 6.45) is 2.21. The van der Waals surface area contributed by atoms with Gasteiger partial charge in [0.05, 0.1) is 24.6 Å². The quantitative estimate of drug-likeness (QED) is 0.485. The van der Waals surface area contributed by atoms with Crippen LogP contribution in [0.15, 0.2) is 72.9 Å². The second kappa shape index (κ2) is 8.58. The van der Waals surface area contributed by atoms with Crippen molar-refractivity contribution >= 4 is 16.8 Å². The first-order chi connectivity index (χ1) is 14.6. The smallest absolute Gasteiger partial charge is 0.251 e. The summed E-state index contributed by atoms with van der Waals surface area (Å²) in [4.78, 5) is 12.3. The van der Waals surface area contributed by atoms with Gasteiger partial charge >= 0.3 is 0 Å². The van der Waals surface area contributed by atoms with Crippen molar-refractivity contribution in [3.63, 3.8) is 0 Å². The predicted octanol–water partition coefficient (Wildman–Crippen LogP) is 4.53. The first-order valence-corrected chi connectivity index (χ1v) is 9.60. The molecule has 0 unspecified atom stereocenters. The summed E-state index contributed by atoms with van der Waals surface area (Å²) in [7, 11) is 0. The molecule has 0 radical (unpaired) electrons. The van der Waals surface area contributed by atoms with Crippen LogP contribution in [0.1, 0.15) is 22.3 Å². The average Bonchev–Trinajstić information content (AvgIpc) is 3.16. The van der Waals surface area contributed by atoms with E-state index in [-0.39, 0.29) is 18.1 Å². The number of carbonyl (C=O) groups is 1. The molecule has 0 aliphatic rings. The fraction of sp³-hybridized carbons (Fsp3) is 0.125. The number of hydrogen-bond donors (Lipinski definition) is 1. The Morgan fingerprint density at radius 2 is 1.93 bits per heavy atom. The van der Waals surface area contributed by atoms with Crippen molar-refractivity contribution in [1.82, 2.24) is 15.1 Å². The van der Waals surface area contributed by atoms with E-state index < -0.39 is 0 Å². The van der Waals surface area contributed by atoms with Gasteiger partial charge in [0, 0.05) is 23.7 Å². The third-order valence-electron chi connectivity index (χ3n) is 4.79. The minimum atomic E-state index is -0.269. The molecule has 0 bridgehead atoms. The van der Waals surface area contributed by atoms with Gasteiger partial charge in [-0.05, 0) is 47.0 Å². The van der Waals surface area contributed by atoms with Crippen LogP contribution in [0.2, 0.25) is 0 Å². The van der Waals surface area contributed by atoms with Crippen molar-refractivity contribution in [2.75, 3.05) is 6.54 Å². The summed E-state index contributed by atoms with van der Waals surface area (Å²) in [6.45, 7) is 0.787. The molecule has 4 aromatic rings. The van der Waals surface area contributed by atoms with Crippen LogP contribution in [0, 0.1) is 17.1 Å². The zero-order chi connectivity index (χ0) is 20.9. The molecule has 1 heterocycles. The highest BCUT2D eigenvalue weighted by Crippen LogP contribution is 2.29. The predicted molar refractivity (Wildman–Crippen MR) is 113 cm³/mol. The van der Waals surface area contributed by atoms with Gasteiger partial charge in [0.1, 0.15) is 5.82 Å². The number of fused-ring (bicyclic) bond motifs is 1. The highest BCUT2D eigenvalue weighted by molar-refractivity contribution is 5.98. The van der Waals surface area contributed by atoms with Gasteiger partial charge < -0.3 is 5.32 Å². The molecule has 0 aliphatic carbocycles. The van der Waals surface area contributed by atoms with Gasteiger partial charge in [0.25, 0.3) is 5.91 Å². The van der Waals surface area contributed by atoms with Gasteiger partial charge in [-0.25, -0.2) is 4.39 Å². The van der Waals surface area contributed by atoms with E-state index in [0.717, 1.165) is 27.6 Å². The zero-order valence-corrected chi connectivity index (χ0v) is 16.2. The third kappa shape index (κ3) is 4.20.